The topological polar surface area (TPSA) is 3.24 Å². The zero-order chi connectivity index (χ0) is 38.1. The zero-order valence-electron chi connectivity index (χ0n) is 33.3. The van der Waals surface area contributed by atoms with E-state index in [1.807, 2.05) is 0 Å². The fourth-order valence-corrected chi connectivity index (χ4v) is 13.1. The molecule has 2 saturated carbocycles. The van der Waals surface area contributed by atoms with E-state index >= 15 is 0 Å². The van der Waals surface area contributed by atoms with Gasteiger partial charge in [0.25, 0.3) is 0 Å². The van der Waals surface area contributed by atoms with E-state index in [1.54, 1.807) is 0 Å². The highest BCUT2D eigenvalue weighted by Crippen LogP contribution is 2.65. The molecule has 2 fully saturated rings. The lowest BCUT2D eigenvalue weighted by Gasteiger charge is -2.52. The molecule has 5 aliphatic carbocycles. The number of para-hydroxylation sites is 1. The van der Waals surface area contributed by atoms with Crippen molar-refractivity contribution in [2.75, 3.05) is 4.90 Å². The Balaban J connectivity index is 1.14. The number of benzene rings is 7. The molecule has 4 atom stereocenters. The van der Waals surface area contributed by atoms with E-state index < -0.39 is 5.41 Å². The number of rotatable bonds is 4. The van der Waals surface area contributed by atoms with Gasteiger partial charge < -0.3 is 4.90 Å². The van der Waals surface area contributed by atoms with Crippen LogP contribution in [0, 0.1) is 17.8 Å². The fourth-order valence-electron chi connectivity index (χ4n) is 13.1. The molecule has 0 aromatic heterocycles. The van der Waals surface area contributed by atoms with Crippen molar-refractivity contribution in [2.24, 2.45) is 17.8 Å². The van der Waals surface area contributed by atoms with Gasteiger partial charge in [0.1, 0.15) is 0 Å². The molecule has 0 heterocycles. The number of nitrogens with zero attached hydrogens (tertiary/aromatic N) is 1. The summed E-state index contributed by atoms with van der Waals surface area (Å²) in [6.45, 7) is 7.43. The molecule has 278 valence electrons. The second-order valence-electron chi connectivity index (χ2n) is 18.6. The van der Waals surface area contributed by atoms with Gasteiger partial charge in [-0.15, -0.1) is 0 Å². The van der Waals surface area contributed by atoms with Gasteiger partial charge in [-0.3, -0.25) is 0 Å². The number of hydrogen-bond acceptors (Lipinski definition) is 1. The molecule has 2 bridgehead atoms. The molecule has 0 aliphatic heterocycles. The van der Waals surface area contributed by atoms with E-state index in [4.69, 9.17) is 0 Å². The summed E-state index contributed by atoms with van der Waals surface area (Å²) in [5, 5.41) is 0. The first kappa shape index (κ1) is 33.5. The van der Waals surface area contributed by atoms with E-state index in [-0.39, 0.29) is 10.8 Å². The van der Waals surface area contributed by atoms with Crippen molar-refractivity contribution in [1.29, 1.82) is 0 Å². The highest BCUT2D eigenvalue weighted by atomic mass is 15.1. The largest absolute Gasteiger partial charge is 0.310 e. The molecular formula is C56H49N. The molecule has 1 unspecified atom stereocenters. The summed E-state index contributed by atoms with van der Waals surface area (Å²) in [4.78, 5) is 2.54. The molecule has 12 rings (SSSR count). The molecule has 5 aliphatic rings. The minimum Gasteiger partial charge on any atom is -0.310 e. The Morgan fingerprint density at radius 1 is 0.386 bits per heavy atom. The Labute approximate surface area is 338 Å². The smallest absolute Gasteiger partial charge is 0.0719 e. The molecule has 0 N–H and O–H groups in total. The standard InChI is InChI=1S/C56H49N/c1-54(2)46-20-10-7-17-42(46)45-29-27-40(34-52(45)54)57(39-15-5-4-6-16-39)41-28-30-51-53(35-41)55(3,38-32-36-25-26-37(31-36)33-38)49-23-13-14-24-50(49)56(51)47-21-11-8-18-43(47)44-19-9-12-22-48(44)56/h4-24,27-30,34-38H,25-26,31-33H2,1-3H3/t36-,37+,38?,55-/m1/s1. The summed E-state index contributed by atoms with van der Waals surface area (Å²) < 4.78 is 0. The first-order chi connectivity index (χ1) is 27.9. The Bertz CT molecular complexity index is 2700. The van der Waals surface area contributed by atoms with Crippen LogP contribution in [0.15, 0.2) is 164 Å². The predicted octanol–water partition coefficient (Wildman–Crippen LogP) is 14.3. The summed E-state index contributed by atoms with van der Waals surface area (Å²) in [6.07, 6.45) is 6.85. The van der Waals surface area contributed by atoms with Gasteiger partial charge in [0, 0.05) is 27.9 Å². The van der Waals surface area contributed by atoms with Crippen LogP contribution in [0.25, 0.3) is 22.3 Å². The maximum Gasteiger partial charge on any atom is 0.0719 e. The number of fused-ring (bicyclic) bond motifs is 14. The SMILES string of the molecule is CC1(C)c2ccccc2-c2ccc(N(c3ccccc3)c3ccc4c(c3)[C@](C)(C3C[C@H]5CC[C@@H](C3)C5)c3ccccc3C43c4ccccc4-c4ccccc43)cc21. The van der Waals surface area contributed by atoms with Gasteiger partial charge in [-0.1, -0.05) is 161 Å². The lowest BCUT2D eigenvalue weighted by molar-refractivity contribution is 0.187. The Hall–Kier alpha value is -5.66. The van der Waals surface area contributed by atoms with Crippen molar-refractivity contribution in [1.82, 2.24) is 0 Å². The van der Waals surface area contributed by atoms with Crippen LogP contribution in [-0.4, -0.2) is 0 Å². The van der Waals surface area contributed by atoms with Crippen LogP contribution >= 0.6 is 0 Å². The summed E-state index contributed by atoms with van der Waals surface area (Å²) in [7, 11) is 0. The summed E-state index contributed by atoms with van der Waals surface area (Å²) in [5.41, 5.74) is 20.1. The van der Waals surface area contributed by atoms with Gasteiger partial charge in [0.05, 0.1) is 5.41 Å². The third kappa shape index (κ3) is 4.41. The van der Waals surface area contributed by atoms with Crippen molar-refractivity contribution in [3.8, 4) is 22.3 Å². The van der Waals surface area contributed by atoms with Gasteiger partial charge in [-0.25, -0.2) is 0 Å². The molecule has 1 nitrogen and oxygen atoms in total. The van der Waals surface area contributed by atoms with Crippen LogP contribution in [0.2, 0.25) is 0 Å². The zero-order valence-corrected chi connectivity index (χ0v) is 33.3. The highest BCUT2D eigenvalue weighted by Gasteiger charge is 2.57. The van der Waals surface area contributed by atoms with Gasteiger partial charge in [-0.2, -0.15) is 0 Å². The Kier molecular flexibility index (Phi) is 7.01. The van der Waals surface area contributed by atoms with Crippen molar-refractivity contribution < 1.29 is 0 Å². The van der Waals surface area contributed by atoms with Gasteiger partial charge in [0.15, 0.2) is 0 Å². The van der Waals surface area contributed by atoms with Crippen molar-refractivity contribution in [3.63, 3.8) is 0 Å². The van der Waals surface area contributed by atoms with Crippen molar-refractivity contribution >= 4 is 17.1 Å². The average molecular weight is 736 g/mol. The van der Waals surface area contributed by atoms with Gasteiger partial charge in [-0.05, 0) is 140 Å². The van der Waals surface area contributed by atoms with E-state index in [0.717, 1.165) is 11.8 Å². The third-order valence-electron chi connectivity index (χ3n) is 15.6. The first-order valence-electron chi connectivity index (χ1n) is 21.4. The van der Waals surface area contributed by atoms with Crippen LogP contribution in [0.5, 0.6) is 0 Å². The number of anilines is 3. The van der Waals surface area contributed by atoms with E-state index in [1.165, 1.54) is 116 Å². The molecule has 57 heavy (non-hydrogen) atoms. The molecule has 0 radical (unpaired) electrons. The van der Waals surface area contributed by atoms with Gasteiger partial charge in [0.2, 0.25) is 0 Å². The predicted molar refractivity (Wildman–Crippen MR) is 236 cm³/mol. The minimum absolute atomic E-state index is 0.0849. The highest BCUT2D eigenvalue weighted by molar-refractivity contribution is 5.90. The molecule has 7 aromatic carbocycles. The fraction of sp³-hybridized carbons (Fsp3) is 0.250. The maximum atomic E-state index is 2.65. The average Bonchev–Trinajstić information content (AvgIpc) is 3.84. The minimum atomic E-state index is -0.397. The lowest BCUT2D eigenvalue weighted by atomic mass is 9.50. The molecule has 0 amide bonds. The summed E-state index contributed by atoms with van der Waals surface area (Å²) >= 11 is 0. The quantitative estimate of drug-likeness (QED) is 0.174. The van der Waals surface area contributed by atoms with Crippen LogP contribution in [0.3, 0.4) is 0 Å². The molecule has 1 heteroatoms. The Morgan fingerprint density at radius 3 is 1.51 bits per heavy atom. The van der Waals surface area contributed by atoms with Crippen molar-refractivity contribution in [3.05, 3.63) is 208 Å². The summed E-state index contributed by atoms with van der Waals surface area (Å²) in [5.74, 6) is 2.26. The van der Waals surface area contributed by atoms with Crippen molar-refractivity contribution in [2.45, 2.75) is 69.1 Å². The van der Waals surface area contributed by atoms with Crippen LogP contribution in [0.4, 0.5) is 17.1 Å². The molecule has 1 spiro atoms. The van der Waals surface area contributed by atoms with Gasteiger partial charge >= 0.3 is 0 Å². The third-order valence-corrected chi connectivity index (χ3v) is 15.6. The van der Waals surface area contributed by atoms with E-state index in [2.05, 4.69) is 189 Å². The van der Waals surface area contributed by atoms with Crippen LogP contribution < -0.4 is 4.90 Å². The second kappa shape index (κ2) is 11.9. The molecular weight excluding hydrogens is 687 g/mol. The summed E-state index contributed by atoms with van der Waals surface area (Å²) in [6, 6.07) is 63.1. The van der Waals surface area contributed by atoms with E-state index in [9.17, 15) is 0 Å². The molecule has 0 saturated heterocycles. The first-order valence-corrected chi connectivity index (χ1v) is 21.4. The monoisotopic (exact) mass is 735 g/mol. The molecule has 7 aromatic rings. The second-order valence-corrected chi connectivity index (χ2v) is 18.6. The normalized spacial score (nSPS) is 23.5. The number of hydrogen-bond donors (Lipinski definition) is 0. The van der Waals surface area contributed by atoms with Crippen LogP contribution in [-0.2, 0) is 16.2 Å². The van der Waals surface area contributed by atoms with Crippen LogP contribution in [0.1, 0.15) is 97.4 Å². The lowest BCUT2D eigenvalue weighted by Crippen LogP contribution is -2.46. The maximum absolute atomic E-state index is 2.65. The van der Waals surface area contributed by atoms with E-state index in [0.29, 0.717) is 5.92 Å². The Morgan fingerprint density at radius 2 is 0.860 bits per heavy atom.